The molecule has 3 N–H and O–H groups in total. The highest BCUT2D eigenvalue weighted by molar-refractivity contribution is 6.40. The van der Waals surface area contributed by atoms with E-state index in [0.717, 1.165) is 31.4 Å². The number of fused-ring (bicyclic) bond motifs is 1. The number of nitrogens with zero attached hydrogens (tertiary/aromatic N) is 5. The molecule has 9 nitrogen and oxygen atoms in total. The van der Waals surface area contributed by atoms with E-state index in [1.54, 1.807) is 22.8 Å². The minimum absolute atomic E-state index is 0.125. The standard InChI is InChI=1S/C25H33N7O2/c1-16-5-10-21(18-8-6-17(7-9-18)11-12-30(2)3)32(15-16)25(34)24(33)29-20-14-27-23(26)22-19(20)13-28-31(22)4/h6-9,13-14,16,21H,5,10-12,15H2,1-4H3,(H2,26,27)(H,29,33)/t16-,21+/m0/s1. The van der Waals surface area contributed by atoms with E-state index in [1.807, 2.05) is 0 Å². The highest BCUT2D eigenvalue weighted by Gasteiger charge is 2.34. The number of nitrogens with one attached hydrogen (secondary N) is 1. The lowest BCUT2D eigenvalue weighted by molar-refractivity contribution is -0.146. The first kappa shape index (κ1) is 23.7. The van der Waals surface area contributed by atoms with Gasteiger partial charge in [-0.25, -0.2) is 4.98 Å². The molecule has 1 saturated heterocycles. The van der Waals surface area contributed by atoms with Crippen LogP contribution in [0.2, 0.25) is 0 Å². The summed E-state index contributed by atoms with van der Waals surface area (Å²) in [6, 6.07) is 8.30. The van der Waals surface area contributed by atoms with Crippen LogP contribution < -0.4 is 11.1 Å². The van der Waals surface area contributed by atoms with E-state index in [-0.39, 0.29) is 6.04 Å². The summed E-state index contributed by atoms with van der Waals surface area (Å²) in [4.78, 5) is 34.4. The van der Waals surface area contributed by atoms with E-state index in [4.69, 9.17) is 5.73 Å². The number of aromatic nitrogens is 3. The summed E-state index contributed by atoms with van der Waals surface area (Å²) in [6.45, 7) is 3.64. The molecule has 2 amide bonds. The van der Waals surface area contributed by atoms with Gasteiger partial charge in [-0.2, -0.15) is 5.10 Å². The summed E-state index contributed by atoms with van der Waals surface area (Å²) in [5.41, 5.74) is 9.31. The molecule has 0 unspecified atom stereocenters. The molecule has 3 aromatic rings. The first-order valence-electron chi connectivity index (χ1n) is 11.7. The third-order valence-corrected chi connectivity index (χ3v) is 6.54. The molecule has 1 aliphatic heterocycles. The minimum atomic E-state index is -0.682. The molecule has 1 fully saturated rings. The Balaban J connectivity index is 1.53. The van der Waals surface area contributed by atoms with Gasteiger partial charge in [-0.3, -0.25) is 14.3 Å². The Bertz CT molecular complexity index is 1190. The first-order valence-corrected chi connectivity index (χ1v) is 11.7. The summed E-state index contributed by atoms with van der Waals surface area (Å²) in [6.07, 6.45) is 5.88. The number of likely N-dealkylation sites (N-methyl/N-ethyl adjacent to an activating group) is 1. The third-order valence-electron chi connectivity index (χ3n) is 6.54. The molecule has 0 bridgehead atoms. The molecular weight excluding hydrogens is 430 g/mol. The fourth-order valence-electron chi connectivity index (χ4n) is 4.59. The fourth-order valence-corrected chi connectivity index (χ4v) is 4.59. The zero-order valence-electron chi connectivity index (χ0n) is 20.3. The topological polar surface area (TPSA) is 109 Å². The molecule has 1 aromatic carbocycles. The molecule has 0 radical (unpaired) electrons. The van der Waals surface area contributed by atoms with Gasteiger partial charge in [0.1, 0.15) is 11.3 Å². The lowest BCUT2D eigenvalue weighted by Gasteiger charge is -2.38. The smallest absolute Gasteiger partial charge is 0.313 e. The monoisotopic (exact) mass is 463 g/mol. The number of hydrogen-bond donors (Lipinski definition) is 2. The number of benzene rings is 1. The largest absolute Gasteiger partial charge is 0.382 e. The maximum Gasteiger partial charge on any atom is 0.313 e. The van der Waals surface area contributed by atoms with Gasteiger partial charge in [-0.1, -0.05) is 31.2 Å². The number of pyridine rings is 1. The fraction of sp³-hybridized carbons (Fsp3) is 0.440. The Labute approximate surface area is 199 Å². The van der Waals surface area contributed by atoms with Crippen molar-refractivity contribution in [3.8, 4) is 0 Å². The number of anilines is 2. The average molecular weight is 464 g/mol. The predicted octanol–water partition coefficient (Wildman–Crippen LogP) is 2.59. The molecule has 2 atom stereocenters. The normalized spacial score (nSPS) is 18.4. The molecule has 2 aromatic heterocycles. The molecule has 0 aliphatic carbocycles. The molecule has 0 spiro atoms. The van der Waals surface area contributed by atoms with Crippen LogP contribution in [0.5, 0.6) is 0 Å². The van der Waals surface area contributed by atoms with Crippen LogP contribution in [0.4, 0.5) is 11.5 Å². The maximum atomic E-state index is 13.3. The number of aryl methyl sites for hydroxylation is 1. The second kappa shape index (κ2) is 9.80. The van der Waals surface area contributed by atoms with Crippen molar-refractivity contribution < 1.29 is 9.59 Å². The molecule has 0 saturated carbocycles. The summed E-state index contributed by atoms with van der Waals surface area (Å²) < 4.78 is 1.60. The molecular formula is C25H33N7O2. The van der Waals surface area contributed by atoms with E-state index in [0.29, 0.717) is 34.9 Å². The highest BCUT2D eigenvalue weighted by Crippen LogP contribution is 2.34. The second-order valence-electron chi connectivity index (χ2n) is 9.49. The van der Waals surface area contributed by atoms with Crippen LogP contribution in [-0.4, -0.2) is 63.6 Å². The Kier molecular flexibility index (Phi) is 6.83. The van der Waals surface area contributed by atoms with E-state index in [9.17, 15) is 9.59 Å². The second-order valence-corrected chi connectivity index (χ2v) is 9.49. The van der Waals surface area contributed by atoms with Crippen LogP contribution in [-0.2, 0) is 23.1 Å². The quantitative estimate of drug-likeness (QED) is 0.563. The Morgan fingerprint density at radius 3 is 2.62 bits per heavy atom. The van der Waals surface area contributed by atoms with Crippen molar-refractivity contribution in [3.63, 3.8) is 0 Å². The van der Waals surface area contributed by atoms with E-state index in [1.165, 1.54) is 11.8 Å². The molecule has 34 heavy (non-hydrogen) atoms. The Morgan fingerprint density at radius 1 is 1.18 bits per heavy atom. The van der Waals surface area contributed by atoms with Crippen molar-refractivity contribution in [2.75, 3.05) is 38.2 Å². The minimum Gasteiger partial charge on any atom is -0.382 e. The van der Waals surface area contributed by atoms with E-state index >= 15 is 0 Å². The van der Waals surface area contributed by atoms with Gasteiger partial charge in [0.2, 0.25) is 0 Å². The lowest BCUT2D eigenvalue weighted by atomic mass is 9.89. The van der Waals surface area contributed by atoms with Crippen molar-refractivity contribution >= 4 is 34.2 Å². The van der Waals surface area contributed by atoms with Gasteiger partial charge in [0, 0.05) is 25.5 Å². The highest BCUT2D eigenvalue weighted by atomic mass is 16.2. The zero-order chi connectivity index (χ0) is 24.4. The number of carbonyl (C=O) groups is 2. The van der Waals surface area contributed by atoms with Crippen molar-refractivity contribution in [3.05, 3.63) is 47.8 Å². The number of nitrogen functional groups attached to an aromatic ring is 1. The molecule has 1 aliphatic rings. The van der Waals surface area contributed by atoms with Gasteiger partial charge in [-0.05, 0) is 50.4 Å². The van der Waals surface area contributed by atoms with Crippen LogP contribution >= 0.6 is 0 Å². The maximum absolute atomic E-state index is 13.3. The molecule has 4 rings (SSSR count). The van der Waals surface area contributed by atoms with Gasteiger partial charge >= 0.3 is 11.8 Å². The number of piperidine rings is 1. The van der Waals surface area contributed by atoms with Gasteiger partial charge in [0.05, 0.1) is 24.1 Å². The van der Waals surface area contributed by atoms with Crippen LogP contribution in [0.15, 0.2) is 36.7 Å². The van der Waals surface area contributed by atoms with Crippen molar-refractivity contribution in [2.45, 2.75) is 32.2 Å². The Morgan fingerprint density at radius 2 is 1.91 bits per heavy atom. The number of nitrogens with two attached hydrogens (primary N) is 1. The van der Waals surface area contributed by atoms with Crippen LogP contribution in [0.25, 0.3) is 10.9 Å². The van der Waals surface area contributed by atoms with Crippen LogP contribution in [0, 0.1) is 5.92 Å². The van der Waals surface area contributed by atoms with Crippen LogP contribution in [0.1, 0.15) is 36.9 Å². The van der Waals surface area contributed by atoms with Gasteiger partial charge in [-0.15, -0.1) is 0 Å². The molecule has 180 valence electrons. The summed E-state index contributed by atoms with van der Waals surface area (Å²) in [7, 11) is 5.88. The SMILES string of the molecule is C[C@H]1CC[C@H](c2ccc(CCN(C)C)cc2)N(C(=O)C(=O)Nc2cnc(N)c3c2cnn3C)C1. The number of hydrogen-bond acceptors (Lipinski definition) is 6. The van der Waals surface area contributed by atoms with E-state index in [2.05, 4.69) is 65.6 Å². The van der Waals surface area contributed by atoms with Gasteiger partial charge < -0.3 is 20.9 Å². The lowest BCUT2D eigenvalue weighted by Crippen LogP contribution is -2.46. The number of carbonyl (C=O) groups excluding carboxylic acids is 2. The van der Waals surface area contributed by atoms with Gasteiger partial charge in [0.25, 0.3) is 0 Å². The number of amides is 2. The predicted molar refractivity (Wildman–Crippen MR) is 133 cm³/mol. The summed E-state index contributed by atoms with van der Waals surface area (Å²) >= 11 is 0. The van der Waals surface area contributed by atoms with Crippen LogP contribution in [0.3, 0.4) is 0 Å². The number of rotatable bonds is 5. The average Bonchev–Trinajstić information content (AvgIpc) is 3.22. The molecule has 3 heterocycles. The summed E-state index contributed by atoms with van der Waals surface area (Å²) in [5, 5.41) is 7.58. The Hall–Kier alpha value is -3.46. The zero-order valence-corrected chi connectivity index (χ0v) is 20.3. The van der Waals surface area contributed by atoms with Crippen molar-refractivity contribution in [1.29, 1.82) is 0 Å². The third kappa shape index (κ3) is 4.89. The molecule has 9 heteroatoms. The van der Waals surface area contributed by atoms with Gasteiger partial charge in [0.15, 0.2) is 0 Å². The van der Waals surface area contributed by atoms with Crippen molar-refractivity contribution in [2.24, 2.45) is 13.0 Å². The number of likely N-dealkylation sites (tertiary alicyclic amines) is 1. The van der Waals surface area contributed by atoms with E-state index < -0.39 is 11.8 Å². The summed E-state index contributed by atoms with van der Waals surface area (Å²) in [5.74, 6) is -0.575. The van der Waals surface area contributed by atoms with Crippen molar-refractivity contribution in [1.82, 2.24) is 24.6 Å². The first-order chi connectivity index (χ1) is 16.2.